The first-order chi connectivity index (χ1) is 5.85. The summed E-state index contributed by atoms with van der Waals surface area (Å²) in [4.78, 5) is 10.3. The van der Waals surface area contributed by atoms with Crippen LogP contribution in [0, 0.1) is 5.92 Å². The Morgan fingerprint density at radius 2 is 2.17 bits per heavy atom. The van der Waals surface area contributed by atoms with Gasteiger partial charge in [0.25, 0.3) is 0 Å². The van der Waals surface area contributed by atoms with E-state index in [0.717, 1.165) is 25.5 Å². The maximum absolute atomic E-state index is 10.3. The van der Waals surface area contributed by atoms with Gasteiger partial charge in [-0.15, -0.1) is 0 Å². The lowest BCUT2D eigenvalue weighted by Gasteiger charge is -2.21. The Bertz CT molecular complexity index is 173. The molecule has 1 aliphatic carbocycles. The van der Waals surface area contributed by atoms with Crippen molar-refractivity contribution in [2.45, 2.75) is 31.5 Å². The minimum absolute atomic E-state index is 0.298. The van der Waals surface area contributed by atoms with E-state index in [1.165, 1.54) is 0 Å². The van der Waals surface area contributed by atoms with Gasteiger partial charge in [-0.1, -0.05) is 0 Å². The molecule has 2 rings (SSSR count). The SMILES string of the molecule is O=CCC1CCC2(C1)OCCO2. The van der Waals surface area contributed by atoms with Gasteiger partial charge in [0.15, 0.2) is 5.79 Å². The monoisotopic (exact) mass is 170 g/mol. The van der Waals surface area contributed by atoms with E-state index >= 15 is 0 Å². The third-order valence-electron chi connectivity index (χ3n) is 2.78. The highest BCUT2D eigenvalue weighted by molar-refractivity contribution is 5.49. The van der Waals surface area contributed by atoms with Crippen molar-refractivity contribution in [2.24, 2.45) is 5.92 Å². The van der Waals surface area contributed by atoms with Crippen molar-refractivity contribution >= 4 is 6.29 Å². The molecule has 0 N–H and O–H groups in total. The van der Waals surface area contributed by atoms with Gasteiger partial charge in [-0.05, 0) is 12.3 Å². The Morgan fingerprint density at radius 3 is 2.83 bits per heavy atom. The number of hydrogen-bond acceptors (Lipinski definition) is 3. The van der Waals surface area contributed by atoms with Crippen molar-refractivity contribution in [3.05, 3.63) is 0 Å². The molecule has 1 saturated heterocycles. The maximum Gasteiger partial charge on any atom is 0.168 e. The molecule has 12 heavy (non-hydrogen) atoms. The average Bonchev–Trinajstić information content (AvgIpc) is 2.65. The average molecular weight is 170 g/mol. The molecule has 0 aromatic rings. The topological polar surface area (TPSA) is 35.5 Å². The molecule has 1 saturated carbocycles. The molecule has 0 bridgehead atoms. The second-order valence-electron chi connectivity index (χ2n) is 3.62. The van der Waals surface area contributed by atoms with Gasteiger partial charge < -0.3 is 14.3 Å². The largest absolute Gasteiger partial charge is 0.348 e. The molecule has 1 unspecified atom stereocenters. The molecule has 0 radical (unpaired) electrons. The smallest absolute Gasteiger partial charge is 0.168 e. The van der Waals surface area contributed by atoms with Crippen molar-refractivity contribution in [1.29, 1.82) is 0 Å². The lowest BCUT2D eigenvalue weighted by molar-refractivity contribution is -0.152. The minimum atomic E-state index is -0.298. The van der Waals surface area contributed by atoms with Crippen LogP contribution >= 0.6 is 0 Å². The fourth-order valence-electron chi connectivity index (χ4n) is 2.16. The fourth-order valence-corrected chi connectivity index (χ4v) is 2.16. The number of ether oxygens (including phenoxy) is 2. The molecule has 1 heterocycles. The number of aldehydes is 1. The molecule has 68 valence electrons. The van der Waals surface area contributed by atoms with E-state index in [1.807, 2.05) is 0 Å². The van der Waals surface area contributed by atoms with Crippen LogP contribution in [0.15, 0.2) is 0 Å². The van der Waals surface area contributed by atoms with Crippen LogP contribution in [0.1, 0.15) is 25.7 Å². The van der Waals surface area contributed by atoms with Crippen molar-refractivity contribution in [1.82, 2.24) is 0 Å². The van der Waals surface area contributed by atoms with Crippen LogP contribution in [0.4, 0.5) is 0 Å². The number of carbonyl (C=O) groups is 1. The van der Waals surface area contributed by atoms with Crippen LogP contribution < -0.4 is 0 Å². The van der Waals surface area contributed by atoms with Gasteiger partial charge in [-0.2, -0.15) is 0 Å². The normalized spacial score (nSPS) is 32.8. The summed E-state index contributed by atoms with van der Waals surface area (Å²) in [5.74, 6) is 0.189. The fraction of sp³-hybridized carbons (Fsp3) is 0.889. The number of carbonyl (C=O) groups excluding carboxylic acids is 1. The lowest BCUT2D eigenvalue weighted by Crippen LogP contribution is -2.25. The molecule has 3 heteroatoms. The molecular formula is C9H14O3. The van der Waals surface area contributed by atoms with Crippen LogP contribution in [-0.2, 0) is 14.3 Å². The van der Waals surface area contributed by atoms with Crippen LogP contribution in [0.5, 0.6) is 0 Å². The molecule has 3 nitrogen and oxygen atoms in total. The summed E-state index contributed by atoms with van der Waals surface area (Å²) >= 11 is 0. The summed E-state index contributed by atoms with van der Waals surface area (Å²) in [6.45, 7) is 1.43. The quantitative estimate of drug-likeness (QED) is 0.582. The third kappa shape index (κ3) is 1.39. The summed E-state index contributed by atoms with van der Waals surface area (Å²) in [5.41, 5.74) is 0. The summed E-state index contributed by atoms with van der Waals surface area (Å²) in [7, 11) is 0. The summed E-state index contributed by atoms with van der Waals surface area (Å²) < 4.78 is 11.1. The second-order valence-corrected chi connectivity index (χ2v) is 3.62. The molecule has 1 spiro atoms. The Balaban J connectivity index is 1.91. The van der Waals surface area contributed by atoms with E-state index in [0.29, 0.717) is 25.6 Å². The highest BCUT2D eigenvalue weighted by Gasteiger charge is 2.43. The van der Waals surface area contributed by atoms with Gasteiger partial charge in [-0.3, -0.25) is 0 Å². The van der Waals surface area contributed by atoms with Crippen molar-refractivity contribution in [3.8, 4) is 0 Å². The predicted molar refractivity (Wildman–Crippen MR) is 42.7 cm³/mol. The van der Waals surface area contributed by atoms with E-state index in [2.05, 4.69) is 0 Å². The van der Waals surface area contributed by atoms with Gasteiger partial charge in [0, 0.05) is 19.3 Å². The van der Waals surface area contributed by atoms with Gasteiger partial charge >= 0.3 is 0 Å². The number of hydrogen-bond donors (Lipinski definition) is 0. The molecule has 0 aromatic carbocycles. The predicted octanol–water partition coefficient (Wildman–Crippen LogP) is 1.12. The standard InChI is InChI=1S/C9H14O3/c10-4-2-8-1-3-9(7-8)11-5-6-12-9/h4,8H,1-3,5-7H2. The van der Waals surface area contributed by atoms with E-state index in [1.54, 1.807) is 0 Å². The highest BCUT2D eigenvalue weighted by atomic mass is 16.7. The van der Waals surface area contributed by atoms with E-state index in [4.69, 9.17) is 9.47 Å². The van der Waals surface area contributed by atoms with Gasteiger partial charge in [0.1, 0.15) is 6.29 Å². The van der Waals surface area contributed by atoms with E-state index < -0.39 is 0 Å². The molecule has 0 aromatic heterocycles. The molecule has 0 amide bonds. The zero-order valence-corrected chi connectivity index (χ0v) is 7.12. The number of rotatable bonds is 2. The summed E-state index contributed by atoms with van der Waals surface area (Å²) in [6.07, 6.45) is 4.60. The minimum Gasteiger partial charge on any atom is -0.348 e. The molecular weight excluding hydrogens is 156 g/mol. The molecule has 1 aliphatic heterocycles. The van der Waals surface area contributed by atoms with Crippen molar-refractivity contribution in [3.63, 3.8) is 0 Å². The maximum atomic E-state index is 10.3. The summed E-state index contributed by atoms with van der Waals surface area (Å²) in [6, 6.07) is 0. The van der Waals surface area contributed by atoms with Crippen molar-refractivity contribution in [2.75, 3.05) is 13.2 Å². The van der Waals surface area contributed by atoms with Gasteiger partial charge in [-0.25, -0.2) is 0 Å². The van der Waals surface area contributed by atoms with E-state index in [9.17, 15) is 4.79 Å². The lowest BCUT2D eigenvalue weighted by atomic mass is 10.1. The highest BCUT2D eigenvalue weighted by Crippen LogP contribution is 2.41. The zero-order valence-electron chi connectivity index (χ0n) is 7.12. The molecule has 1 atom stereocenters. The van der Waals surface area contributed by atoms with Gasteiger partial charge in [0.05, 0.1) is 13.2 Å². The first-order valence-electron chi connectivity index (χ1n) is 4.56. The van der Waals surface area contributed by atoms with E-state index in [-0.39, 0.29) is 5.79 Å². The summed E-state index contributed by atoms with van der Waals surface area (Å²) in [5, 5.41) is 0. The Kier molecular flexibility index (Phi) is 2.15. The van der Waals surface area contributed by atoms with Crippen LogP contribution in [0.25, 0.3) is 0 Å². The Morgan fingerprint density at radius 1 is 1.42 bits per heavy atom. The Labute approximate surface area is 72.0 Å². The third-order valence-corrected chi connectivity index (χ3v) is 2.78. The zero-order chi connectivity index (χ0) is 8.44. The molecule has 2 fully saturated rings. The second kappa shape index (κ2) is 3.15. The molecule has 2 aliphatic rings. The van der Waals surface area contributed by atoms with Crippen LogP contribution in [-0.4, -0.2) is 25.3 Å². The first-order valence-corrected chi connectivity index (χ1v) is 4.56. The Hall–Kier alpha value is -0.410. The van der Waals surface area contributed by atoms with Crippen LogP contribution in [0.2, 0.25) is 0 Å². The van der Waals surface area contributed by atoms with Crippen LogP contribution in [0.3, 0.4) is 0 Å². The van der Waals surface area contributed by atoms with Crippen molar-refractivity contribution < 1.29 is 14.3 Å². The first kappa shape index (κ1) is 8.20. The van der Waals surface area contributed by atoms with Gasteiger partial charge in [0.2, 0.25) is 0 Å².